The summed E-state index contributed by atoms with van der Waals surface area (Å²) in [4.78, 5) is 52.5. The number of benzene rings is 1. The maximum absolute atomic E-state index is 13.7. The molecule has 0 unspecified atom stereocenters. The van der Waals surface area contributed by atoms with Crippen molar-refractivity contribution in [3.8, 4) is 0 Å². The van der Waals surface area contributed by atoms with Crippen molar-refractivity contribution in [3.05, 3.63) is 52.9 Å². The lowest BCUT2D eigenvalue weighted by molar-refractivity contribution is -0.137. The number of hydrogen-bond acceptors (Lipinski definition) is 8. The van der Waals surface area contributed by atoms with E-state index in [2.05, 4.69) is 46.3 Å². The second kappa shape index (κ2) is 10.8. The third-order valence-electron chi connectivity index (χ3n) is 6.69. The number of ether oxygens (including phenoxy) is 1. The minimum absolute atomic E-state index is 0.0234. The van der Waals surface area contributed by atoms with Gasteiger partial charge in [-0.05, 0) is 52.7 Å². The first-order valence-electron chi connectivity index (χ1n) is 12.1. The van der Waals surface area contributed by atoms with Gasteiger partial charge < -0.3 is 30.6 Å². The predicted molar refractivity (Wildman–Crippen MR) is 144 cm³/mol. The van der Waals surface area contributed by atoms with Gasteiger partial charge >= 0.3 is 12.3 Å². The number of aromatic nitrogens is 4. The highest BCUT2D eigenvalue weighted by Crippen LogP contribution is 2.36. The number of alkyl halides is 3. The smallest absolute Gasteiger partial charge is 0.416 e. The molecular formula is C25H22BrF3N8O4. The molecule has 214 valence electrons. The number of alkyl carbamates (subject to hydrolysis) is 1. The second-order valence-corrected chi connectivity index (χ2v) is 10.1. The van der Waals surface area contributed by atoms with Crippen LogP contribution in [0.5, 0.6) is 0 Å². The topological polar surface area (TPSA) is 157 Å². The molecule has 3 aromatic heterocycles. The summed E-state index contributed by atoms with van der Waals surface area (Å²) in [6.07, 6.45) is -4.11. The molecule has 41 heavy (non-hydrogen) atoms. The summed E-state index contributed by atoms with van der Waals surface area (Å²) >= 11 is 3.24. The van der Waals surface area contributed by atoms with E-state index in [0.29, 0.717) is 4.60 Å². The zero-order chi connectivity index (χ0) is 29.5. The van der Waals surface area contributed by atoms with Gasteiger partial charge in [-0.25, -0.2) is 19.7 Å². The summed E-state index contributed by atoms with van der Waals surface area (Å²) in [6, 6.07) is 6.39. The molecule has 0 aliphatic carbocycles. The molecule has 1 fully saturated rings. The largest absolute Gasteiger partial charge is 0.453 e. The van der Waals surface area contributed by atoms with Crippen molar-refractivity contribution >= 4 is 67.4 Å². The maximum atomic E-state index is 13.7. The van der Waals surface area contributed by atoms with Crippen molar-refractivity contribution < 1.29 is 32.3 Å². The number of anilines is 2. The molecule has 1 saturated heterocycles. The Balaban J connectivity index is 1.50. The van der Waals surface area contributed by atoms with Gasteiger partial charge in [-0.1, -0.05) is 6.07 Å². The fraction of sp³-hybridized carbons (Fsp3) is 0.280. The van der Waals surface area contributed by atoms with Crippen LogP contribution < -0.4 is 16.4 Å². The van der Waals surface area contributed by atoms with Crippen LogP contribution in [0.3, 0.4) is 0 Å². The molecule has 4 heterocycles. The third-order valence-corrected chi connectivity index (χ3v) is 7.13. The number of nitrogens with zero attached hydrogens (tertiary/aromatic N) is 5. The van der Waals surface area contributed by atoms with Crippen LogP contribution in [-0.4, -0.2) is 68.1 Å². The highest BCUT2D eigenvalue weighted by atomic mass is 79.9. The van der Waals surface area contributed by atoms with Gasteiger partial charge in [0, 0.05) is 11.9 Å². The molecule has 2 atom stereocenters. The average molecular weight is 635 g/mol. The average Bonchev–Trinajstić information content (AvgIpc) is 3.48. The summed E-state index contributed by atoms with van der Waals surface area (Å²) in [5.41, 5.74) is 5.55. The van der Waals surface area contributed by atoms with Crippen LogP contribution >= 0.6 is 15.9 Å². The number of fused-ring (bicyclic) bond motifs is 3. The van der Waals surface area contributed by atoms with Gasteiger partial charge in [0.1, 0.15) is 40.8 Å². The first-order valence-corrected chi connectivity index (χ1v) is 12.9. The first-order chi connectivity index (χ1) is 19.5. The number of carbonyl (C=O) groups excluding carboxylic acids is 3. The number of halogens is 4. The van der Waals surface area contributed by atoms with Crippen LogP contribution in [0.15, 0.2) is 47.3 Å². The standard InChI is InChI=1S/C25H22BrF3N8O4/c1-41-24(40)33-13-8-16(23(39)35-18-4-2-3-17(26)34-18)36(9-13)19(38)10-37-15-6-5-12(25(27,28)29)7-14(15)20-21(30)31-11-32-22(20)37/h2-7,11,13,16H,8-10H2,1H3,(H,33,40)(H2,30,31,32)(H,34,35,39)/t13-,16+/m1/s1. The molecule has 0 bridgehead atoms. The van der Waals surface area contributed by atoms with Gasteiger partial charge in [-0.3, -0.25) is 9.59 Å². The van der Waals surface area contributed by atoms with Crippen LogP contribution in [0.25, 0.3) is 21.9 Å². The monoisotopic (exact) mass is 634 g/mol. The van der Waals surface area contributed by atoms with Gasteiger partial charge in [-0.15, -0.1) is 0 Å². The molecule has 12 nitrogen and oxygen atoms in total. The van der Waals surface area contributed by atoms with Crippen LogP contribution in [-0.2, 0) is 27.0 Å². The lowest BCUT2D eigenvalue weighted by Crippen LogP contribution is -2.45. The lowest BCUT2D eigenvalue weighted by atomic mass is 10.1. The predicted octanol–water partition coefficient (Wildman–Crippen LogP) is 3.31. The van der Waals surface area contributed by atoms with Crippen molar-refractivity contribution in [2.75, 3.05) is 24.7 Å². The molecule has 0 radical (unpaired) electrons. The van der Waals surface area contributed by atoms with Crippen LogP contribution in [0.1, 0.15) is 12.0 Å². The fourth-order valence-corrected chi connectivity index (χ4v) is 5.22. The number of likely N-dealkylation sites (tertiary alicyclic amines) is 1. The van der Waals surface area contributed by atoms with E-state index in [1.165, 1.54) is 22.6 Å². The molecule has 4 N–H and O–H groups in total. The first kappa shape index (κ1) is 28.1. The quantitative estimate of drug-likeness (QED) is 0.282. The summed E-state index contributed by atoms with van der Waals surface area (Å²) in [6.45, 7) is -0.407. The summed E-state index contributed by atoms with van der Waals surface area (Å²) in [7, 11) is 1.19. The Morgan fingerprint density at radius 2 is 1.98 bits per heavy atom. The van der Waals surface area contributed by atoms with Crippen molar-refractivity contribution in [1.29, 1.82) is 0 Å². The highest BCUT2D eigenvalue weighted by Gasteiger charge is 2.41. The minimum Gasteiger partial charge on any atom is -0.453 e. The third kappa shape index (κ3) is 5.59. The van der Waals surface area contributed by atoms with Gasteiger partial charge in [0.15, 0.2) is 0 Å². The second-order valence-electron chi connectivity index (χ2n) is 9.24. The van der Waals surface area contributed by atoms with Crippen molar-refractivity contribution in [3.63, 3.8) is 0 Å². The Morgan fingerprint density at radius 3 is 2.68 bits per heavy atom. The Labute approximate surface area is 238 Å². The Hall–Kier alpha value is -4.47. The Bertz CT molecular complexity index is 1680. The number of carbonyl (C=O) groups is 3. The van der Waals surface area contributed by atoms with E-state index in [1.807, 2.05) is 0 Å². The molecule has 1 aliphatic heterocycles. The van der Waals surface area contributed by atoms with Crippen molar-refractivity contribution in [1.82, 2.24) is 29.7 Å². The van der Waals surface area contributed by atoms with Gasteiger partial charge in [0.2, 0.25) is 11.8 Å². The van der Waals surface area contributed by atoms with E-state index in [1.54, 1.807) is 18.2 Å². The van der Waals surface area contributed by atoms with E-state index in [-0.39, 0.29) is 53.1 Å². The zero-order valence-electron chi connectivity index (χ0n) is 21.3. The molecule has 4 aromatic rings. The number of nitrogen functional groups attached to an aromatic ring is 1. The molecule has 5 rings (SSSR count). The van der Waals surface area contributed by atoms with E-state index >= 15 is 0 Å². The summed E-state index contributed by atoms with van der Waals surface area (Å²) in [5.74, 6) is -0.886. The van der Waals surface area contributed by atoms with Gasteiger partial charge in [-0.2, -0.15) is 13.2 Å². The van der Waals surface area contributed by atoms with E-state index in [0.717, 1.165) is 18.5 Å². The lowest BCUT2D eigenvalue weighted by Gasteiger charge is -2.24. The molecule has 1 aliphatic rings. The van der Waals surface area contributed by atoms with E-state index in [4.69, 9.17) is 5.73 Å². The van der Waals surface area contributed by atoms with Crippen LogP contribution in [0.2, 0.25) is 0 Å². The summed E-state index contributed by atoms with van der Waals surface area (Å²) in [5, 5.41) is 5.58. The van der Waals surface area contributed by atoms with Gasteiger partial charge in [0.25, 0.3) is 0 Å². The fourth-order valence-electron chi connectivity index (χ4n) is 4.88. The number of rotatable bonds is 5. The summed E-state index contributed by atoms with van der Waals surface area (Å²) < 4.78 is 47.0. The number of pyridine rings is 1. The molecule has 3 amide bonds. The van der Waals surface area contributed by atoms with E-state index < -0.39 is 41.7 Å². The minimum atomic E-state index is -4.61. The molecule has 16 heteroatoms. The SMILES string of the molecule is COC(=O)N[C@@H]1C[C@@H](C(=O)Nc2cccc(Br)n2)N(C(=O)Cn2c3ccc(C(F)(F)F)cc3c3c(N)ncnc32)C1. The zero-order valence-corrected chi connectivity index (χ0v) is 22.9. The maximum Gasteiger partial charge on any atom is 0.416 e. The molecule has 0 saturated carbocycles. The van der Waals surface area contributed by atoms with Crippen LogP contribution in [0, 0.1) is 0 Å². The number of amides is 3. The van der Waals surface area contributed by atoms with Crippen molar-refractivity contribution in [2.24, 2.45) is 0 Å². The Morgan fingerprint density at radius 1 is 1.20 bits per heavy atom. The number of hydrogen-bond donors (Lipinski definition) is 3. The highest BCUT2D eigenvalue weighted by molar-refractivity contribution is 9.10. The van der Waals surface area contributed by atoms with Crippen LogP contribution in [0.4, 0.5) is 29.6 Å². The normalized spacial score (nSPS) is 17.1. The number of nitrogens with one attached hydrogen (secondary N) is 2. The number of methoxy groups -OCH3 is 1. The molecular weight excluding hydrogens is 613 g/mol. The molecule has 1 aromatic carbocycles. The molecule has 0 spiro atoms. The van der Waals surface area contributed by atoms with Crippen molar-refractivity contribution in [2.45, 2.75) is 31.2 Å². The Kier molecular flexibility index (Phi) is 7.42. The van der Waals surface area contributed by atoms with E-state index in [9.17, 15) is 27.6 Å². The van der Waals surface area contributed by atoms with Gasteiger partial charge in [0.05, 0.1) is 29.6 Å². The number of nitrogens with two attached hydrogens (primary N) is 1.